The van der Waals surface area contributed by atoms with Crippen molar-refractivity contribution in [2.24, 2.45) is 0 Å². The zero-order valence-electron chi connectivity index (χ0n) is 16.7. The van der Waals surface area contributed by atoms with Crippen molar-refractivity contribution in [3.8, 4) is 22.8 Å². The minimum atomic E-state index is -0.197. The number of anilines is 1. The second-order valence-corrected chi connectivity index (χ2v) is 7.39. The molecule has 5 rings (SSSR count). The molecule has 1 N–H and O–H groups in total. The van der Waals surface area contributed by atoms with Crippen LogP contribution in [0, 0.1) is 13.8 Å². The molecule has 4 aromatic rings. The molecule has 0 atom stereocenters. The number of para-hydroxylation sites is 1. The molecule has 0 bridgehead atoms. The fourth-order valence-corrected chi connectivity index (χ4v) is 3.58. The summed E-state index contributed by atoms with van der Waals surface area (Å²) >= 11 is 0. The number of nitrogens with zero attached hydrogens (tertiary/aromatic N) is 1. The molecule has 30 heavy (non-hydrogen) atoms. The Labute approximate surface area is 174 Å². The molecular weight excluding hydrogens is 376 g/mol. The van der Waals surface area contributed by atoms with Gasteiger partial charge in [-0.25, -0.2) is 4.98 Å². The Balaban J connectivity index is 1.57. The van der Waals surface area contributed by atoms with Crippen LogP contribution in [-0.4, -0.2) is 17.7 Å². The van der Waals surface area contributed by atoms with E-state index in [1.165, 1.54) is 11.1 Å². The third-order valence-corrected chi connectivity index (χ3v) is 5.39. The molecule has 0 unspecified atom stereocenters. The van der Waals surface area contributed by atoms with Gasteiger partial charge in [0, 0.05) is 22.7 Å². The van der Waals surface area contributed by atoms with Crippen LogP contribution in [0.15, 0.2) is 66.7 Å². The molecule has 1 aromatic heterocycles. The van der Waals surface area contributed by atoms with Crippen molar-refractivity contribution in [2.75, 3.05) is 12.1 Å². The van der Waals surface area contributed by atoms with Gasteiger partial charge < -0.3 is 14.8 Å². The minimum absolute atomic E-state index is 0.195. The second kappa shape index (κ2) is 7.19. The van der Waals surface area contributed by atoms with Gasteiger partial charge >= 0.3 is 0 Å². The summed E-state index contributed by atoms with van der Waals surface area (Å²) in [6, 6.07) is 21.1. The maximum absolute atomic E-state index is 13.2. The molecule has 2 heterocycles. The van der Waals surface area contributed by atoms with E-state index in [-0.39, 0.29) is 12.7 Å². The Kier molecular flexibility index (Phi) is 4.36. The number of aromatic nitrogens is 1. The molecule has 0 saturated heterocycles. The van der Waals surface area contributed by atoms with E-state index in [2.05, 4.69) is 31.3 Å². The van der Waals surface area contributed by atoms with Crippen LogP contribution in [0.3, 0.4) is 0 Å². The summed E-state index contributed by atoms with van der Waals surface area (Å²) in [7, 11) is 0. The molecule has 1 aliphatic heterocycles. The normalized spacial score (nSPS) is 12.2. The number of carbonyl (C=O) groups is 1. The van der Waals surface area contributed by atoms with Gasteiger partial charge in [0.25, 0.3) is 5.91 Å². The van der Waals surface area contributed by atoms with Gasteiger partial charge in [0.1, 0.15) is 0 Å². The summed E-state index contributed by atoms with van der Waals surface area (Å²) in [4.78, 5) is 18.0. The first-order valence-electron chi connectivity index (χ1n) is 9.77. The van der Waals surface area contributed by atoms with E-state index in [1.54, 1.807) is 18.2 Å². The van der Waals surface area contributed by atoms with E-state index in [1.807, 2.05) is 36.4 Å². The second-order valence-electron chi connectivity index (χ2n) is 7.39. The van der Waals surface area contributed by atoms with Gasteiger partial charge in [-0.3, -0.25) is 4.79 Å². The molecule has 1 amide bonds. The van der Waals surface area contributed by atoms with E-state index >= 15 is 0 Å². The smallest absolute Gasteiger partial charge is 0.256 e. The largest absolute Gasteiger partial charge is 0.454 e. The van der Waals surface area contributed by atoms with Crippen LogP contribution in [0.4, 0.5) is 5.69 Å². The molecule has 0 aliphatic carbocycles. The average Bonchev–Trinajstić information content (AvgIpc) is 3.22. The van der Waals surface area contributed by atoms with Crippen LogP contribution in [0.1, 0.15) is 21.5 Å². The SMILES string of the molecule is Cc1ccc(-c2cc(C(=O)Nc3ccc4c(c3)OCO4)c3ccccc3n2)cc1C. The highest BCUT2D eigenvalue weighted by atomic mass is 16.7. The first kappa shape index (κ1) is 18.2. The zero-order chi connectivity index (χ0) is 20.7. The molecule has 0 saturated carbocycles. The third kappa shape index (κ3) is 3.24. The fourth-order valence-electron chi connectivity index (χ4n) is 3.58. The molecule has 0 radical (unpaired) electrons. The Hall–Kier alpha value is -3.86. The molecule has 0 spiro atoms. The number of pyridine rings is 1. The highest BCUT2D eigenvalue weighted by Crippen LogP contribution is 2.34. The van der Waals surface area contributed by atoms with Crippen molar-refractivity contribution < 1.29 is 14.3 Å². The molecule has 5 heteroatoms. The maximum atomic E-state index is 13.2. The lowest BCUT2D eigenvalue weighted by Gasteiger charge is -2.12. The van der Waals surface area contributed by atoms with Crippen LogP contribution in [0.5, 0.6) is 11.5 Å². The summed E-state index contributed by atoms with van der Waals surface area (Å²) < 4.78 is 10.8. The molecule has 1 aliphatic rings. The van der Waals surface area contributed by atoms with Gasteiger partial charge in [-0.2, -0.15) is 0 Å². The van der Waals surface area contributed by atoms with Crippen LogP contribution in [0.2, 0.25) is 0 Å². The number of hydrogen-bond donors (Lipinski definition) is 1. The quantitative estimate of drug-likeness (QED) is 0.497. The summed E-state index contributed by atoms with van der Waals surface area (Å²) in [5, 5.41) is 3.79. The number of carbonyl (C=O) groups excluding carboxylic acids is 1. The van der Waals surface area contributed by atoms with E-state index in [9.17, 15) is 4.79 Å². The van der Waals surface area contributed by atoms with Crippen molar-refractivity contribution in [3.05, 3.63) is 83.4 Å². The Morgan fingerprint density at radius 1 is 0.900 bits per heavy atom. The van der Waals surface area contributed by atoms with Gasteiger partial charge in [0.05, 0.1) is 16.8 Å². The first-order valence-corrected chi connectivity index (χ1v) is 9.77. The standard InChI is InChI=1S/C25H20N2O3/c1-15-7-8-17(11-16(15)2)22-13-20(19-5-3-4-6-21(19)27-22)25(28)26-18-9-10-23-24(12-18)30-14-29-23/h3-13H,14H2,1-2H3,(H,26,28). The maximum Gasteiger partial charge on any atom is 0.256 e. The van der Waals surface area contributed by atoms with Crippen molar-refractivity contribution in [1.82, 2.24) is 4.98 Å². The van der Waals surface area contributed by atoms with Crippen LogP contribution < -0.4 is 14.8 Å². The third-order valence-electron chi connectivity index (χ3n) is 5.39. The topological polar surface area (TPSA) is 60.5 Å². The number of hydrogen-bond acceptors (Lipinski definition) is 4. The summed E-state index contributed by atoms with van der Waals surface area (Å²) in [5.41, 5.74) is 6.18. The predicted octanol–water partition coefficient (Wildman–Crippen LogP) is 5.50. The van der Waals surface area contributed by atoms with E-state index < -0.39 is 0 Å². The number of aryl methyl sites for hydroxylation is 2. The monoisotopic (exact) mass is 396 g/mol. The summed E-state index contributed by atoms with van der Waals surface area (Å²) in [5.74, 6) is 1.11. The van der Waals surface area contributed by atoms with Crippen molar-refractivity contribution in [3.63, 3.8) is 0 Å². The minimum Gasteiger partial charge on any atom is -0.454 e. The molecule has 0 fully saturated rings. The van der Waals surface area contributed by atoms with E-state index in [4.69, 9.17) is 14.5 Å². The van der Waals surface area contributed by atoms with Gasteiger partial charge in [-0.15, -0.1) is 0 Å². The molecule has 5 nitrogen and oxygen atoms in total. The van der Waals surface area contributed by atoms with E-state index in [0.29, 0.717) is 22.7 Å². The molecule has 3 aromatic carbocycles. The van der Waals surface area contributed by atoms with Crippen LogP contribution in [0.25, 0.3) is 22.2 Å². The number of amides is 1. The van der Waals surface area contributed by atoms with Gasteiger partial charge in [-0.1, -0.05) is 30.3 Å². The lowest BCUT2D eigenvalue weighted by molar-refractivity contribution is 0.102. The first-order chi connectivity index (χ1) is 14.6. The van der Waals surface area contributed by atoms with Crippen LogP contribution >= 0.6 is 0 Å². The van der Waals surface area contributed by atoms with E-state index in [0.717, 1.165) is 22.2 Å². The Bertz CT molecular complexity index is 1300. The van der Waals surface area contributed by atoms with Crippen molar-refractivity contribution >= 4 is 22.5 Å². The number of benzene rings is 3. The lowest BCUT2D eigenvalue weighted by Crippen LogP contribution is -2.13. The fraction of sp³-hybridized carbons (Fsp3) is 0.120. The summed E-state index contributed by atoms with van der Waals surface area (Å²) in [6.07, 6.45) is 0. The van der Waals surface area contributed by atoms with Crippen LogP contribution in [-0.2, 0) is 0 Å². The number of rotatable bonds is 3. The molecule has 148 valence electrons. The Morgan fingerprint density at radius 3 is 2.60 bits per heavy atom. The van der Waals surface area contributed by atoms with Crippen molar-refractivity contribution in [1.29, 1.82) is 0 Å². The number of nitrogens with one attached hydrogen (secondary N) is 1. The van der Waals surface area contributed by atoms with Gasteiger partial charge in [0.15, 0.2) is 11.5 Å². The highest BCUT2D eigenvalue weighted by molar-refractivity contribution is 6.13. The number of ether oxygens (including phenoxy) is 2. The average molecular weight is 396 g/mol. The Morgan fingerprint density at radius 2 is 1.73 bits per heavy atom. The molecular formula is C25H20N2O3. The van der Waals surface area contributed by atoms with Crippen molar-refractivity contribution in [2.45, 2.75) is 13.8 Å². The zero-order valence-corrected chi connectivity index (χ0v) is 16.7. The lowest BCUT2D eigenvalue weighted by atomic mass is 10.0. The highest BCUT2D eigenvalue weighted by Gasteiger charge is 2.17. The van der Waals surface area contributed by atoms with Gasteiger partial charge in [0.2, 0.25) is 6.79 Å². The number of fused-ring (bicyclic) bond motifs is 2. The predicted molar refractivity (Wildman–Crippen MR) is 117 cm³/mol. The van der Waals surface area contributed by atoms with Gasteiger partial charge in [-0.05, 0) is 55.3 Å². The summed E-state index contributed by atoms with van der Waals surface area (Å²) in [6.45, 7) is 4.35.